The van der Waals surface area contributed by atoms with Gasteiger partial charge in [0.15, 0.2) is 16.6 Å². The fourth-order valence-electron chi connectivity index (χ4n) is 2.36. The van der Waals surface area contributed by atoms with Crippen LogP contribution < -0.4 is 19.5 Å². The molecule has 2 aromatic heterocycles. The van der Waals surface area contributed by atoms with Gasteiger partial charge in [0.2, 0.25) is 5.75 Å². The van der Waals surface area contributed by atoms with Gasteiger partial charge in [-0.25, -0.2) is 4.98 Å². The van der Waals surface area contributed by atoms with Crippen LogP contribution in [0.15, 0.2) is 24.4 Å². The Kier molecular flexibility index (Phi) is 5.23. The molecule has 3 rings (SSSR count). The first-order chi connectivity index (χ1) is 13.1. The molecular weight excluding hydrogens is 370 g/mol. The number of benzene rings is 1. The number of aromatic amines is 1. The van der Waals surface area contributed by atoms with E-state index < -0.39 is 5.91 Å². The summed E-state index contributed by atoms with van der Waals surface area (Å²) in [5.41, 5.74) is 1.45. The maximum Gasteiger partial charge on any atom is 0.275 e. The number of ether oxygens (including phenoxy) is 3. The Hall–Kier alpha value is -3.58. The third-order valence-corrected chi connectivity index (χ3v) is 4.44. The van der Waals surface area contributed by atoms with Crippen molar-refractivity contribution in [3.63, 3.8) is 0 Å². The van der Waals surface area contributed by atoms with Crippen molar-refractivity contribution in [3.05, 3.63) is 35.0 Å². The number of carbonyl (C=O) groups excluding carboxylic acids is 1. The number of anilines is 1. The van der Waals surface area contributed by atoms with E-state index in [0.29, 0.717) is 38.5 Å². The first-order valence-corrected chi connectivity index (χ1v) is 8.44. The summed E-state index contributed by atoms with van der Waals surface area (Å²) in [7, 11) is 4.56. The predicted octanol–water partition coefficient (Wildman–Crippen LogP) is 2.68. The summed E-state index contributed by atoms with van der Waals surface area (Å²) in [6, 6.07) is 7.03. The average Bonchev–Trinajstić information content (AvgIpc) is 3.36. The highest BCUT2D eigenvalue weighted by Crippen LogP contribution is 2.40. The lowest BCUT2D eigenvalue weighted by Crippen LogP contribution is -2.11. The van der Waals surface area contributed by atoms with Gasteiger partial charge in [-0.1, -0.05) is 11.3 Å². The minimum absolute atomic E-state index is 0.243. The molecule has 0 unspecified atom stereocenters. The summed E-state index contributed by atoms with van der Waals surface area (Å²) in [5.74, 6) is 1.01. The van der Waals surface area contributed by atoms with Crippen molar-refractivity contribution in [1.82, 2.24) is 15.2 Å². The van der Waals surface area contributed by atoms with Gasteiger partial charge in [0.05, 0.1) is 33.2 Å². The van der Waals surface area contributed by atoms with Gasteiger partial charge in [-0.15, -0.1) is 0 Å². The Labute approximate surface area is 158 Å². The van der Waals surface area contributed by atoms with E-state index in [-0.39, 0.29) is 5.69 Å². The van der Waals surface area contributed by atoms with Gasteiger partial charge in [0.1, 0.15) is 16.6 Å². The third-order valence-electron chi connectivity index (χ3n) is 3.62. The Morgan fingerprint density at radius 1 is 1.19 bits per heavy atom. The van der Waals surface area contributed by atoms with Gasteiger partial charge in [0.25, 0.3) is 5.91 Å². The maximum absolute atomic E-state index is 12.3. The van der Waals surface area contributed by atoms with E-state index >= 15 is 0 Å². The first-order valence-electron chi connectivity index (χ1n) is 7.62. The van der Waals surface area contributed by atoms with Crippen molar-refractivity contribution < 1.29 is 19.0 Å². The molecule has 0 saturated carbocycles. The summed E-state index contributed by atoms with van der Waals surface area (Å²) in [6.45, 7) is 0. The maximum atomic E-state index is 12.3. The van der Waals surface area contributed by atoms with Crippen LogP contribution in [0, 0.1) is 11.3 Å². The molecule has 0 aliphatic carbocycles. The zero-order chi connectivity index (χ0) is 19.4. The van der Waals surface area contributed by atoms with E-state index in [0.717, 1.165) is 11.3 Å². The normalized spacial score (nSPS) is 10.1. The second-order valence-corrected chi connectivity index (χ2v) is 6.21. The molecule has 0 aliphatic heterocycles. The number of carbonyl (C=O) groups is 1. The molecule has 0 spiro atoms. The molecule has 0 saturated heterocycles. The number of nitriles is 1. The van der Waals surface area contributed by atoms with Crippen LogP contribution in [0.5, 0.6) is 17.2 Å². The standard InChI is InChI=1S/C17H15N5O4S/c1-24-13-4-9(5-14(25-2)15(13)26-3)11-6-12(22-21-11)16(23)20-17-19-8-10(7-18)27-17/h4-6,8H,1-3H3,(H,21,22)(H,19,20,23). The third kappa shape index (κ3) is 3.68. The van der Waals surface area contributed by atoms with E-state index in [2.05, 4.69) is 20.5 Å². The molecule has 9 nitrogen and oxygen atoms in total. The van der Waals surface area contributed by atoms with Crippen molar-refractivity contribution in [2.75, 3.05) is 26.6 Å². The molecular formula is C17H15N5O4S. The van der Waals surface area contributed by atoms with Crippen LogP contribution in [0.2, 0.25) is 0 Å². The number of nitrogens with one attached hydrogen (secondary N) is 2. The van der Waals surface area contributed by atoms with E-state index in [1.807, 2.05) is 6.07 Å². The number of rotatable bonds is 6. The van der Waals surface area contributed by atoms with Gasteiger partial charge in [-0.2, -0.15) is 10.4 Å². The second kappa shape index (κ2) is 7.76. The molecule has 3 aromatic rings. The van der Waals surface area contributed by atoms with Crippen LogP contribution in [0.25, 0.3) is 11.3 Å². The van der Waals surface area contributed by atoms with E-state index in [4.69, 9.17) is 19.5 Å². The van der Waals surface area contributed by atoms with Gasteiger partial charge in [0, 0.05) is 5.56 Å². The van der Waals surface area contributed by atoms with Crippen LogP contribution in [0.4, 0.5) is 5.13 Å². The molecule has 138 valence electrons. The van der Waals surface area contributed by atoms with E-state index in [1.54, 1.807) is 18.2 Å². The monoisotopic (exact) mass is 385 g/mol. The molecule has 0 atom stereocenters. The van der Waals surface area contributed by atoms with Crippen molar-refractivity contribution in [1.29, 1.82) is 5.26 Å². The number of methoxy groups -OCH3 is 3. The molecule has 1 amide bonds. The Morgan fingerprint density at radius 2 is 1.89 bits per heavy atom. The van der Waals surface area contributed by atoms with Crippen LogP contribution in [-0.2, 0) is 0 Å². The summed E-state index contributed by atoms with van der Waals surface area (Å²) in [6.07, 6.45) is 1.40. The van der Waals surface area contributed by atoms with Gasteiger partial charge < -0.3 is 14.2 Å². The Balaban J connectivity index is 1.87. The second-order valence-electron chi connectivity index (χ2n) is 5.18. The highest BCUT2D eigenvalue weighted by molar-refractivity contribution is 7.16. The largest absolute Gasteiger partial charge is 0.493 e. The van der Waals surface area contributed by atoms with Crippen molar-refractivity contribution in [3.8, 4) is 34.6 Å². The first kappa shape index (κ1) is 18.2. The summed E-state index contributed by atoms with van der Waals surface area (Å²) in [4.78, 5) is 16.7. The molecule has 10 heteroatoms. The van der Waals surface area contributed by atoms with Crippen molar-refractivity contribution in [2.24, 2.45) is 0 Å². The number of hydrogen-bond acceptors (Lipinski definition) is 8. The van der Waals surface area contributed by atoms with Crippen molar-refractivity contribution >= 4 is 22.4 Å². The molecule has 0 bridgehead atoms. The number of amides is 1. The topological polar surface area (TPSA) is 122 Å². The SMILES string of the molecule is COc1cc(-c2cc(C(=O)Nc3ncc(C#N)s3)[nH]n2)cc(OC)c1OC. The summed E-state index contributed by atoms with van der Waals surface area (Å²) >= 11 is 1.09. The zero-order valence-electron chi connectivity index (χ0n) is 14.7. The highest BCUT2D eigenvalue weighted by atomic mass is 32.1. The van der Waals surface area contributed by atoms with E-state index in [1.165, 1.54) is 27.5 Å². The fourth-order valence-corrected chi connectivity index (χ4v) is 2.97. The highest BCUT2D eigenvalue weighted by Gasteiger charge is 2.17. The lowest BCUT2D eigenvalue weighted by atomic mass is 10.1. The molecule has 27 heavy (non-hydrogen) atoms. The van der Waals surface area contributed by atoms with Gasteiger partial charge in [-0.05, 0) is 18.2 Å². The van der Waals surface area contributed by atoms with Crippen molar-refractivity contribution in [2.45, 2.75) is 0 Å². The number of hydrogen-bond donors (Lipinski definition) is 2. The quantitative estimate of drug-likeness (QED) is 0.669. The molecule has 2 N–H and O–H groups in total. The smallest absolute Gasteiger partial charge is 0.275 e. The Bertz CT molecular complexity index is 995. The Morgan fingerprint density at radius 3 is 2.44 bits per heavy atom. The lowest BCUT2D eigenvalue weighted by molar-refractivity contribution is 0.102. The fraction of sp³-hybridized carbons (Fsp3) is 0.176. The lowest BCUT2D eigenvalue weighted by Gasteiger charge is -2.13. The predicted molar refractivity (Wildman–Crippen MR) is 98.5 cm³/mol. The number of thiazole rings is 1. The van der Waals surface area contributed by atoms with Gasteiger partial charge in [-0.3, -0.25) is 15.2 Å². The molecule has 1 aromatic carbocycles. The average molecular weight is 385 g/mol. The number of nitrogens with zero attached hydrogens (tertiary/aromatic N) is 3. The van der Waals surface area contributed by atoms with Crippen LogP contribution in [-0.4, -0.2) is 42.4 Å². The zero-order valence-corrected chi connectivity index (χ0v) is 15.5. The minimum Gasteiger partial charge on any atom is -0.493 e. The van der Waals surface area contributed by atoms with Crippen LogP contribution >= 0.6 is 11.3 Å². The molecule has 0 aliphatic rings. The summed E-state index contributed by atoms with van der Waals surface area (Å²) < 4.78 is 16.0. The minimum atomic E-state index is -0.417. The van der Waals surface area contributed by atoms with Crippen LogP contribution in [0.1, 0.15) is 15.4 Å². The molecule has 0 fully saturated rings. The summed E-state index contributed by atoms with van der Waals surface area (Å²) in [5, 5.41) is 18.6. The van der Waals surface area contributed by atoms with Gasteiger partial charge >= 0.3 is 0 Å². The molecule has 0 radical (unpaired) electrons. The van der Waals surface area contributed by atoms with E-state index in [9.17, 15) is 4.79 Å². The number of H-pyrrole nitrogens is 1. The molecule has 2 heterocycles. The number of aromatic nitrogens is 3. The van der Waals surface area contributed by atoms with Crippen LogP contribution in [0.3, 0.4) is 0 Å².